The van der Waals surface area contributed by atoms with Crippen LogP contribution in [0.3, 0.4) is 0 Å². The Balaban J connectivity index is 0.00000289. The summed E-state index contributed by atoms with van der Waals surface area (Å²) >= 11 is 0. The number of hydrogen-bond acceptors (Lipinski definition) is 4. The third kappa shape index (κ3) is 5.87. The number of guanidine groups is 1. The fourth-order valence-corrected chi connectivity index (χ4v) is 3.68. The van der Waals surface area contributed by atoms with Crippen molar-refractivity contribution in [1.29, 1.82) is 0 Å². The number of piperazine rings is 1. The van der Waals surface area contributed by atoms with Crippen LogP contribution in [0.5, 0.6) is 0 Å². The number of anilines is 1. The SMILES string of the molecule is CCNC(=NCc1cccc(Cn2ccnc2)c1)N1CCN(c2cnn(C)c2)C(=O)C1.I. The highest BCUT2D eigenvalue weighted by Gasteiger charge is 2.27. The van der Waals surface area contributed by atoms with Crippen molar-refractivity contribution < 1.29 is 4.79 Å². The standard InChI is InChI=1S/C22H28N8O.HI/c1-3-24-22(29-9-10-30(21(31)16-29)20-13-26-27(2)15-20)25-12-18-5-4-6-19(11-18)14-28-8-7-23-17-28;/h4-8,11,13,15,17H,3,9-10,12,14,16H2,1-2H3,(H,24,25);1H. The molecule has 1 aliphatic heterocycles. The molecule has 170 valence electrons. The largest absolute Gasteiger partial charge is 0.356 e. The van der Waals surface area contributed by atoms with Crippen LogP contribution in [0.25, 0.3) is 0 Å². The molecule has 2 aromatic heterocycles. The van der Waals surface area contributed by atoms with E-state index >= 15 is 0 Å². The summed E-state index contributed by atoms with van der Waals surface area (Å²) in [7, 11) is 1.85. The molecular weight excluding hydrogens is 519 g/mol. The summed E-state index contributed by atoms with van der Waals surface area (Å²) < 4.78 is 3.75. The maximum Gasteiger partial charge on any atom is 0.246 e. The summed E-state index contributed by atoms with van der Waals surface area (Å²) in [5, 5.41) is 7.50. The number of imidazole rings is 1. The lowest BCUT2D eigenvalue weighted by Crippen LogP contribution is -2.55. The van der Waals surface area contributed by atoms with Crippen LogP contribution in [0.15, 0.2) is 60.4 Å². The van der Waals surface area contributed by atoms with Crippen LogP contribution in [0, 0.1) is 0 Å². The summed E-state index contributed by atoms with van der Waals surface area (Å²) in [5.41, 5.74) is 3.17. The maximum absolute atomic E-state index is 12.8. The minimum absolute atomic E-state index is 0. The summed E-state index contributed by atoms with van der Waals surface area (Å²) in [6.07, 6.45) is 9.14. The normalized spacial score (nSPS) is 14.4. The van der Waals surface area contributed by atoms with E-state index < -0.39 is 0 Å². The molecule has 1 aromatic carbocycles. The average Bonchev–Trinajstić information content (AvgIpc) is 3.43. The number of carbonyl (C=O) groups is 1. The van der Waals surface area contributed by atoms with Crippen LogP contribution in [0.4, 0.5) is 5.69 Å². The molecule has 4 rings (SSSR count). The van der Waals surface area contributed by atoms with Gasteiger partial charge in [-0.2, -0.15) is 5.10 Å². The van der Waals surface area contributed by atoms with Gasteiger partial charge in [0.15, 0.2) is 5.96 Å². The van der Waals surface area contributed by atoms with Crippen molar-refractivity contribution in [3.05, 3.63) is 66.5 Å². The predicted octanol–water partition coefficient (Wildman–Crippen LogP) is 2.10. The van der Waals surface area contributed by atoms with E-state index in [2.05, 4.69) is 39.7 Å². The Labute approximate surface area is 205 Å². The van der Waals surface area contributed by atoms with E-state index in [9.17, 15) is 4.79 Å². The number of nitrogens with one attached hydrogen (secondary N) is 1. The van der Waals surface area contributed by atoms with Gasteiger partial charge in [0, 0.05) is 51.8 Å². The van der Waals surface area contributed by atoms with Crippen LogP contribution in [-0.4, -0.2) is 62.3 Å². The van der Waals surface area contributed by atoms with Gasteiger partial charge in [0.1, 0.15) is 6.54 Å². The van der Waals surface area contributed by atoms with Crippen LogP contribution in [0.1, 0.15) is 18.1 Å². The van der Waals surface area contributed by atoms with Crippen molar-refractivity contribution in [2.75, 3.05) is 31.1 Å². The Morgan fingerprint density at radius 2 is 2.09 bits per heavy atom. The first kappa shape index (κ1) is 23.8. The zero-order valence-electron chi connectivity index (χ0n) is 18.4. The lowest BCUT2D eigenvalue weighted by Gasteiger charge is -2.35. The lowest BCUT2D eigenvalue weighted by atomic mass is 10.1. The molecule has 1 amide bonds. The van der Waals surface area contributed by atoms with E-state index in [0.717, 1.165) is 30.3 Å². The van der Waals surface area contributed by atoms with Gasteiger partial charge >= 0.3 is 0 Å². The molecule has 1 saturated heterocycles. The van der Waals surface area contributed by atoms with Gasteiger partial charge in [0.25, 0.3) is 0 Å². The Bertz CT molecular complexity index is 1050. The molecule has 3 aromatic rings. The van der Waals surface area contributed by atoms with E-state index in [1.54, 1.807) is 22.0 Å². The average molecular weight is 548 g/mol. The Morgan fingerprint density at radius 3 is 2.78 bits per heavy atom. The number of rotatable bonds is 6. The molecule has 9 nitrogen and oxygen atoms in total. The van der Waals surface area contributed by atoms with Crippen molar-refractivity contribution in [1.82, 2.24) is 29.5 Å². The quantitative estimate of drug-likeness (QED) is 0.290. The number of hydrogen-bond donors (Lipinski definition) is 1. The first-order chi connectivity index (χ1) is 15.1. The predicted molar refractivity (Wildman–Crippen MR) is 135 cm³/mol. The Morgan fingerprint density at radius 1 is 1.25 bits per heavy atom. The Hall–Kier alpha value is -2.89. The number of carbonyl (C=O) groups excluding carboxylic acids is 1. The second kappa shape index (κ2) is 11.1. The smallest absolute Gasteiger partial charge is 0.246 e. The van der Waals surface area contributed by atoms with E-state index in [-0.39, 0.29) is 29.9 Å². The Kier molecular flexibility index (Phi) is 8.26. The molecule has 1 fully saturated rings. The van der Waals surface area contributed by atoms with Crippen LogP contribution in [-0.2, 0) is 24.9 Å². The van der Waals surface area contributed by atoms with Crippen molar-refractivity contribution >= 4 is 41.5 Å². The van der Waals surface area contributed by atoms with E-state index in [0.29, 0.717) is 26.2 Å². The van der Waals surface area contributed by atoms with Crippen LogP contribution >= 0.6 is 24.0 Å². The van der Waals surface area contributed by atoms with Crippen molar-refractivity contribution in [2.24, 2.45) is 12.0 Å². The summed E-state index contributed by atoms with van der Waals surface area (Å²) in [6.45, 7) is 5.73. The zero-order valence-corrected chi connectivity index (χ0v) is 20.7. The fourth-order valence-electron chi connectivity index (χ4n) is 3.68. The number of aliphatic imine (C=N–C) groups is 1. The second-order valence-corrected chi connectivity index (χ2v) is 7.56. The molecule has 3 heterocycles. The van der Waals surface area contributed by atoms with Gasteiger partial charge in [0.2, 0.25) is 5.91 Å². The van der Waals surface area contributed by atoms with Gasteiger partial charge in [0.05, 0.1) is 24.8 Å². The van der Waals surface area contributed by atoms with Crippen molar-refractivity contribution in [2.45, 2.75) is 20.0 Å². The molecule has 0 spiro atoms. The van der Waals surface area contributed by atoms with E-state index in [4.69, 9.17) is 4.99 Å². The van der Waals surface area contributed by atoms with Gasteiger partial charge in [-0.3, -0.25) is 9.48 Å². The number of aromatic nitrogens is 4. The molecule has 0 saturated carbocycles. The number of aryl methyl sites for hydroxylation is 1. The maximum atomic E-state index is 12.8. The van der Waals surface area contributed by atoms with E-state index in [1.807, 2.05) is 42.2 Å². The topological polar surface area (TPSA) is 83.6 Å². The molecule has 0 atom stereocenters. The highest BCUT2D eigenvalue weighted by atomic mass is 127. The molecule has 0 aliphatic carbocycles. The van der Waals surface area contributed by atoms with Gasteiger partial charge < -0.3 is 19.7 Å². The summed E-state index contributed by atoms with van der Waals surface area (Å²) in [4.78, 5) is 25.5. The molecule has 32 heavy (non-hydrogen) atoms. The zero-order chi connectivity index (χ0) is 21.6. The molecule has 0 unspecified atom stereocenters. The van der Waals surface area contributed by atoms with Crippen molar-refractivity contribution in [3.63, 3.8) is 0 Å². The minimum Gasteiger partial charge on any atom is -0.356 e. The number of nitrogens with zero attached hydrogens (tertiary/aromatic N) is 7. The third-order valence-electron chi connectivity index (χ3n) is 5.19. The number of halogens is 1. The van der Waals surface area contributed by atoms with Gasteiger partial charge in [-0.25, -0.2) is 9.98 Å². The molecule has 0 bridgehead atoms. The second-order valence-electron chi connectivity index (χ2n) is 7.56. The molecule has 1 N–H and O–H groups in total. The van der Waals surface area contributed by atoms with Crippen LogP contribution < -0.4 is 10.2 Å². The summed E-state index contributed by atoms with van der Waals surface area (Å²) in [6, 6.07) is 8.41. The first-order valence-corrected chi connectivity index (χ1v) is 10.5. The minimum atomic E-state index is 0. The highest BCUT2D eigenvalue weighted by molar-refractivity contribution is 14.0. The molecular formula is C22H29IN8O. The molecule has 1 aliphatic rings. The number of amides is 1. The third-order valence-corrected chi connectivity index (χ3v) is 5.19. The van der Waals surface area contributed by atoms with Crippen LogP contribution in [0.2, 0.25) is 0 Å². The summed E-state index contributed by atoms with van der Waals surface area (Å²) in [5.74, 6) is 0.814. The molecule has 0 radical (unpaired) electrons. The van der Waals surface area contributed by atoms with Crippen molar-refractivity contribution in [3.8, 4) is 0 Å². The number of benzene rings is 1. The first-order valence-electron chi connectivity index (χ1n) is 10.5. The van der Waals surface area contributed by atoms with Gasteiger partial charge in [-0.1, -0.05) is 24.3 Å². The highest BCUT2D eigenvalue weighted by Crippen LogP contribution is 2.16. The monoisotopic (exact) mass is 548 g/mol. The lowest BCUT2D eigenvalue weighted by molar-refractivity contribution is -0.120. The fraction of sp³-hybridized carbons (Fsp3) is 0.364. The van der Waals surface area contributed by atoms with Gasteiger partial charge in [-0.15, -0.1) is 24.0 Å². The van der Waals surface area contributed by atoms with Gasteiger partial charge in [-0.05, 0) is 18.1 Å². The van der Waals surface area contributed by atoms with E-state index in [1.165, 1.54) is 5.56 Å². The molecule has 10 heteroatoms.